The van der Waals surface area contributed by atoms with Gasteiger partial charge in [-0.3, -0.25) is 4.79 Å². The second kappa shape index (κ2) is 5.10. The highest BCUT2D eigenvalue weighted by Gasteiger charge is 2.36. The van der Waals surface area contributed by atoms with Crippen LogP contribution >= 0.6 is 0 Å². The maximum Gasteiger partial charge on any atom is 0.184 e. The van der Waals surface area contributed by atoms with Crippen molar-refractivity contribution in [2.45, 2.75) is 24.5 Å². The molecule has 1 atom stereocenters. The van der Waals surface area contributed by atoms with Crippen LogP contribution in [-0.2, 0) is 9.84 Å². The lowest BCUT2D eigenvalue weighted by Crippen LogP contribution is -2.35. The van der Waals surface area contributed by atoms with Gasteiger partial charge in [0.15, 0.2) is 15.6 Å². The number of sulfone groups is 1. The van der Waals surface area contributed by atoms with Crippen molar-refractivity contribution in [1.29, 1.82) is 0 Å². The third kappa shape index (κ3) is 2.41. The number of ketones is 1. The largest absolute Gasteiger partial charge is 0.496 e. The molecule has 5 heteroatoms. The van der Waals surface area contributed by atoms with E-state index < -0.39 is 15.1 Å². The minimum Gasteiger partial charge on any atom is -0.496 e. The molecule has 1 fully saturated rings. The zero-order valence-corrected chi connectivity index (χ0v) is 11.1. The Morgan fingerprint density at radius 1 is 1.28 bits per heavy atom. The van der Waals surface area contributed by atoms with Gasteiger partial charge in [0.2, 0.25) is 0 Å². The van der Waals surface area contributed by atoms with Crippen LogP contribution in [0.15, 0.2) is 24.3 Å². The number of ether oxygens (including phenoxy) is 1. The molecule has 4 nitrogen and oxygen atoms in total. The van der Waals surface area contributed by atoms with E-state index >= 15 is 0 Å². The predicted octanol–water partition coefficient (Wildman–Crippen LogP) is 1.85. The van der Waals surface area contributed by atoms with E-state index in [0.29, 0.717) is 24.2 Å². The molecule has 98 valence electrons. The Kier molecular flexibility index (Phi) is 3.71. The first-order valence-electron chi connectivity index (χ1n) is 5.95. The molecule has 1 unspecified atom stereocenters. The number of rotatable bonds is 3. The molecular formula is C13H16O4S. The van der Waals surface area contributed by atoms with Crippen molar-refractivity contribution in [1.82, 2.24) is 0 Å². The Labute approximate surface area is 107 Å². The first-order valence-corrected chi connectivity index (χ1v) is 7.66. The first kappa shape index (κ1) is 13.1. The standard InChI is InChI=1S/C13H16O4S/c1-17-11-7-3-2-6-10(11)13(14)12-8-4-5-9-18(12,15)16/h2-3,6-7,12H,4-5,8-9H2,1H3. The van der Waals surface area contributed by atoms with Crippen molar-refractivity contribution in [3.8, 4) is 5.75 Å². The summed E-state index contributed by atoms with van der Waals surface area (Å²) in [5.41, 5.74) is 0.357. The fourth-order valence-electron chi connectivity index (χ4n) is 2.27. The van der Waals surface area contributed by atoms with E-state index in [4.69, 9.17) is 4.74 Å². The van der Waals surface area contributed by atoms with E-state index in [1.807, 2.05) is 0 Å². The van der Waals surface area contributed by atoms with Crippen molar-refractivity contribution in [2.75, 3.05) is 12.9 Å². The molecule has 0 bridgehead atoms. The summed E-state index contributed by atoms with van der Waals surface area (Å²) < 4.78 is 29.0. The van der Waals surface area contributed by atoms with Gasteiger partial charge >= 0.3 is 0 Å². The maximum atomic E-state index is 12.3. The maximum absolute atomic E-state index is 12.3. The summed E-state index contributed by atoms with van der Waals surface area (Å²) in [6, 6.07) is 6.75. The second-order valence-electron chi connectivity index (χ2n) is 4.42. The third-order valence-corrected chi connectivity index (χ3v) is 5.42. The van der Waals surface area contributed by atoms with Crippen molar-refractivity contribution in [2.24, 2.45) is 0 Å². The van der Waals surface area contributed by atoms with Gasteiger partial charge in [-0.05, 0) is 25.0 Å². The van der Waals surface area contributed by atoms with E-state index in [1.54, 1.807) is 24.3 Å². The van der Waals surface area contributed by atoms with Gasteiger partial charge in [0.1, 0.15) is 11.0 Å². The highest BCUT2D eigenvalue weighted by molar-refractivity contribution is 7.92. The Bertz CT molecular complexity index is 548. The van der Waals surface area contributed by atoms with Crippen molar-refractivity contribution in [3.05, 3.63) is 29.8 Å². The Balaban J connectivity index is 2.36. The van der Waals surface area contributed by atoms with Gasteiger partial charge in [-0.15, -0.1) is 0 Å². The third-order valence-electron chi connectivity index (χ3n) is 3.24. The molecule has 1 aromatic rings. The summed E-state index contributed by atoms with van der Waals surface area (Å²) >= 11 is 0. The SMILES string of the molecule is COc1ccccc1C(=O)C1CCCCS1(=O)=O. The monoisotopic (exact) mass is 268 g/mol. The molecule has 0 aromatic heterocycles. The van der Waals surface area contributed by atoms with Crippen LogP contribution in [0.4, 0.5) is 0 Å². The molecule has 1 heterocycles. The van der Waals surface area contributed by atoms with Crippen LogP contribution in [0.25, 0.3) is 0 Å². The van der Waals surface area contributed by atoms with Crippen LogP contribution in [0, 0.1) is 0 Å². The van der Waals surface area contributed by atoms with E-state index in [0.717, 1.165) is 6.42 Å². The van der Waals surface area contributed by atoms with Gasteiger partial charge in [-0.1, -0.05) is 18.6 Å². The molecule has 1 aliphatic heterocycles. The lowest BCUT2D eigenvalue weighted by molar-refractivity contribution is 0.0978. The zero-order chi connectivity index (χ0) is 13.2. The molecule has 0 aliphatic carbocycles. The molecule has 1 saturated heterocycles. The van der Waals surface area contributed by atoms with Gasteiger partial charge in [0.05, 0.1) is 18.4 Å². The number of carbonyl (C=O) groups excluding carboxylic acids is 1. The fraction of sp³-hybridized carbons (Fsp3) is 0.462. The van der Waals surface area contributed by atoms with E-state index in [2.05, 4.69) is 0 Å². The smallest absolute Gasteiger partial charge is 0.184 e. The lowest BCUT2D eigenvalue weighted by Gasteiger charge is -2.21. The molecule has 0 saturated carbocycles. The molecule has 0 amide bonds. The molecule has 1 aromatic carbocycles. The number of hydrogen-bond donors (Lipinski definition) is 0. The number of benzene rings is 1. The second-order valence-corrected chi connectivity index (χ2v) is 6.72. The van der Waals surface area contributed by atoms with E-state index in [1.165, 1.54) is 7.11 Å². The van der Waals surface area contributed by atoms with Crippen LogP contribution in [0.1, 0.15) is 29.6 Å². The number of para-hydroxylation sites is 1. The normalized spacial score (nSPS) is 22.4. The van der Waals surface area contributed by atoms with E-state index in [-0.39, 0.29) is 11.5 Å². The lowest BCUT2D eigenvalue weighted by atomic mass is 10.0. The number of Topliss-reactive ketones (excluding diaryl/α,β-unsaturated/α-hetero) is 1. The van der Waals surface area contributed by atoms with Gasteiger partial charge in [-0.2, -0.15) is 0 Å². The van der Waals surface area contributed by atoms with Crippen LogP contribution < -0.4 is 4.74 Å². The Hall–Kier alpha value is -1.36. The Morgan fingerprint density at radius 3 is 2.67 bits per heavy atom. The van der Waals surface area contributed by atoms with Gasteiger partial charge in [0, 0.05) is 0 Å². The van der Waals surface area contributed by atoms with Crippen molar-refractivity contribution >= 4 is 15.6 Å². The highest BCUT2D eigenvalue weighted by Crippen LogP contribution is 2.27. The predicted molar refractivity (Wildman–Crippen MR) is 68.8 cm³/mol. The average molecular weight is 268 g/mol. The number of carbonyl (C=O) groups is 1. The van der Waals surface area contributed by atoms with Crippen LogP contribution in [0.3, 0.4) is 0 Å². The van der Waals surface area contributed by atoms with Gasteiger partial charge in [0.25, 0.3) is 0 Å². The molecule has 1 aliphatic rings. The van der Waals surface area contributed by atoms with Crippen molar-refractivity contribution in [3.63, 3.8) is 0 Å². The van der Waals surface area contributed by atoms with Gasteiger partial charge < -0.3 is 4.74 Å². The highest BCUT2D eigenvalue weighted by atomic mass is 32.2. The van der Waals surface area contributed by atoms with Crippen molar-refractivity contribution < 1.29 is 17.9 Å². The van der Waals surface area contributed by atoms with E-state index in [9.17, 15) is 13.2 Å². The van der Waals surface area contributed by atoms with Crippen LogP contribution in [0.2, 0.25) is 0 Å². The Morgan fingerprint density at radius 2 is 2.00 bits per heavy atom. The molecular weight excluding hydrogens is 252 g/mol. The summed E-state index contributed by atoms with van der Waals surface area (Å²) in [6.07, 6.45) is 1.85. The van der Waals surface area contributed by atoms with Crippen LogP contribution in [-0.4, -0.2) is 32.3 Å². The summed E-state index contributed by atoms with van der Waals surface area (Å²) in [5.74, 6) is 0.203. The molecule has 0 spiro atoms. The average Bonchev–Trinajstić information content (AvgIpc) is 2.37. The quantitative estimate of drug-likeness (QED) is 0.785. The van der Waals surface area contributed by atoms with Gasteiger partial charge in [-0.25, -0.2) is 8.42 Å². The molecule has 18 heavy (non-hydrogen) atoms. The molecule has 2 rings (SSSR count). The number of methoxy groups -OCH3 is 1. The number of hydrogen-bond acceptors (Lipinski definition) is 4. The van der Waals surface area contributed by atoms with Crippen LogP contribution in [0.5, 0.6) is 5.75 Å². The summed E-state index contributed by atoms with van der Waals surface area (Å²) in [7, 11) is -1.83. The first-order chi connectivity index (χ1) is 8.56. The zero-order valence-electron chi connectivity index (χ0n) is 10.3. The molecule has 0 radical (unpaired) electrons. The summed E-state index contributed by atoms with van der Waals surface area (Å²) in [6.45, 7) is 0. The minimum atomic E-state index is -3.30. The topological polar surface area (TPSA) is 60.4 Å². The summed E-state index contributed by atoms with van der Waals surface area (Å²) in [5, 5.41) is -0.900. The molecule has 0 N–H and O–H groups in total. The minimum absolute atomic E-state index is 0.110. The fourth-order valence-corrected chi connectivity index (χ4v) is 4.14. The summed E-state index contributed by atoms with van der Waals surface area (Å²) in [4.78, 5) is 12.3.